The van der Waals surface area contributed by atoms with Crippen molar-refractivity contribution in [1.29, 1.82) is 0 Å². The first-order valence-corrected chi connectivity index (χ1v) is 11.7. The van der Waals surface area contributed by atoms with Gasteiger partial charge in [0.25, 0.3) is 0 Å². The van der Waals surface area contributed by atoms with Crippen LogP contribution in [-0.2, 0) is 28.5 Å². The van der Waals surface area contributed by atoms with E-state index in [9.17, 15) is 4.79 Å². The average molecular weight is 431 g/mol. The molecule has 0 aromatic heterocycles. The van der Waals surface area contributed by atoms with Gasteiger partial charge in [0, 0.05) is 37.5 Å². The number of rotatable bonds is 3. The summed E-state index contributed by atoms with van der Waals surface area (Å²) in [5.74, 6) is 1.39. The standard InChI is InChI=1S/C23H30N2O6/c1-12-17-14-10-16-22(11-24-6-8-28-9-7-24)15(4-5-25(14)22)23(17,30-16)31-19(12)20-18(27-3)13(2)21(26)29-20/h12,14-17H,4-11H2,1-3H3/b20-19-/t12-,14-,15-,16-,17+,22-,23+/m0/s1. The van der Waals surface area contributed by atoms with Gasteiger partial charge in [0.2, 0.25) is 11.5 Å². The zero-order valence-corrected chi connectivity index (χ0v) is 18.4. The molecule has 8 nitrogen and oxygen atoms in total. The summed E-state index contributed by atoms with van der Waals surface area (Å²) in [7, 11) is 1.58. The number of carbonyl (C=O) groups is 1. The molecule has 7 heterocycles. The van der Waals surface area contributed by atoms with Crippen LogP contribution in [0.3, 0.4) is 0 Å². The van der Waals surface area contributed by atoms with Gasteiger partial charge in [-0.15, -0.1) is 0 Å². The Balaban J connectivity index is 1.30. The van der Waals surface area contributed by atoms with Gasteiger partial charge in [-0.3, -0.25) is 9.80 Å². The third-order valence-corrected chi connectivity index (χ3v) is 9.18. The Morgan fingerprint density at radius 1 is 1.23 bits per heavy atom. The molecule has 5 bridgehead atoms. The third-order valence-electron chi connectivity index (χ3n) is 9.18. The van der Waals surface area contributed by atoms with E-state index in [0.717, 1.165) is 58.0 Å². The third kappa shape index (κ3) is 2.04. The molecule has 0 amide bonds. The first kappa shape index (κ1) is 18.9. The quantitative estimate of drug-likeness (QED) is 0.620. The fraction of sp³-hybridized carbons (Fsp3) is 0.783. The van der Waals surface area contributed by atoms with Crippen molar-refractivity contribution >= 4 is 5.97 Å². The lowest BCUT2D eigenvalue weighted by atomic mass is 9.70. The monoisotopic (exact) mass is 430 g/mol. The summed E-state index contributed by atoms with van der Waals surface area (Å²) in [5.41, 5.74) is 0.525. The highest BCUT2D eigenvalue weighted by molar-refractivity contribution is 5.93. The predicted octanol–water partition coefficient (Wildman–Crippen LogP) is 1.23. The molecule has 7 aliphatic heterocycles. The van der Waals surface area contributed by atoms with Crippen molar-refractivity contribution in [3.8, 4) is 0 Å². The summed E-state index contributed by atoms with van der Waals surface area (Å²) in [6.45, 7) is 9.67. The Hall–Kier alpha value is -1.61. The van der Waals surface area contributed by atoms with E-state index < -0.39 is 5.79 Å². The Labute approximate surface area is 182 Å². The van der Waals surface area contributed by atoms with Gasteiger partial charge in [-0.05, 0) is 26.3 Å². The summed E-state index contributed by atoms with van der Waals surface area (Å²) in [6, 6.07) is 0.444. The summed E-state index contributed by atoms with van der Waals surface area (Å²) in [4.78, 5) is 17.6. The number of hydrogen-bond donors (Lipinski definition) is 0. The topological polar surface area (TPSA) is 69.7 Å². The maximum Gasteiger partial charge on any atom is 0.343 e. The molecule has 31 heavy (non-hydrogen) atoms. The number of methoxy groups -OCH3 is 1. The molecule has 0 radical (unpaired) electrons. The number of hydrogen-bond acceptors (Lipinski definition) is 8. The Morgan fingerprint density at radius 3 is 2.81 bits per heavy atom. The van der Waals surface area contributed by atoms with Crippen LogP contribution in [-0.4, -0.2) is 85.7 Å². The van der Waals surface area contributed by atoms with Crippen LogP contribution < -0.4 is 0 Å². The van der Waals surface area contributed by atoms with Crippen LogP contribution in [0.15, 0.2) is 22.9 Å². The largest absolute Gasteiger partial charge is 0.492 e. The van der Waals surface area contributed by atoms with E-state index in [1.807, 2.05) is 0 Å². The van der Waals surface area contributed by atoms with Gasteiger partial charge in [0.1, 0.15) is 5.76 Å². The van der Waals surface area contributed by atoms with Crippen molar-refractivity contribution in [2.24, 2.45) is 17.8 Å². The number of morpholine rings is 1. The first-order chi connectivity index (χ1) is 15.0. The molecule has 8 atom stereocenters. The van der Waals surface area contributed by atoms with E-state index >= 15 is 0 Å². The van der Waals surface area contributed by atoms with Crippen LogP contribution in [0.5, 0.6) is 0 Å². The van der Waals surface area contributed by atoms with E-state index in [-0.39, 0.29) is 29.4 Å². The number of piperidine rings is 1. The van der Waals surface area contributed by atoms with Gasteiger partial charge in [-0.2, -0.15) is 0 Å². The van der Waals surface area contributed by atoms with E-state index in [1.165, 1.54) is 0 Å². The number of carbonyl (C=O) groups excluding carboxylic acids is 1. The van der Waals surface area contributed by atoms with Gasteiger partial charge in [0.15, 0.2) is 5.76 Å². The van der Waals surface area contributed by atoms with Gasteiger partial charge in [-0.1, -0.05) is 6.92 Å². The second-order valence-corrected chi connectivity index (χ2v) is 10.2. The molecular formula is C23H30N2O6. The smallest absolute Gasteiger partial charge is 0.343 e. The van der Waals surface area contributed by atoms with Gasteiger partial charge >= 0.3 is 5.97 Å². The molecule has 0 N–H and O–H groups in total. The normalized spacial score (nSPS) is 52.2. The second kappa shape index (κ2) is 6.04. The van der Waals surface area contributed by atoms with E-state index in [1.54, 1.807) is 14.0 Å². The Kier molecular flexibility index (Phi) is 3.68. The highest BCUT2D eigenvalue weighted by atomic mass is 16.7. The van der Waals surface area contributed by atoms with Crippen LogP contribution in [0.2, 0.25) is 0 Å². The minimum atomic E-state index is -0.615. The van der Waals surface area contributed by atoms with E-state index in [2.05, 4.69) is 16.7 Å². The minimum Gasteiger partial charge on any atom is -0.492 e. The van der Waals surface area contributed by atoms with Crippen LogP contribution in [0.25, 0.3) is 0 Å². The number of allylic oxidation sites excluding steroid dienone is 1. The molecule has 1 unspecified atom stereocenters. The zero-order valence-electron chi connectivity index (χ0n) is 18.4. The van der Waals surface area contributed by atoms with Crippen molar-refractivity contribution in [3.63, 3.8) is 0 Å². The summed E-state index contributed by atoms with van der Waals surface area (Å²) < 4.78 is 30.5. The van der Waals surface area contributed by atoms with E-state index in [4.69, 9.17) is 23.7 Å². The summed E-state index contributed by atoms with van der Waals surface area (Å²) in [5, 5.41) is 0. The lowest BCUT2D eigenvalue weighted by molar-refractivity contribution is -0.256. The van der Waals surface area contributed by atoms with Crippen molar-refractivity contribution in [2.45, 2.75) is 50.2 Å². The molecule has 7 rings (SSSR count). The number of cyclic esters (lactones) is 1. The average Bonchev–Trinajstić information content (AvgIpc) is 3.47. The highest BCUT2D eigenvalue weighted by Crippen LogP contribution is 2.72. The lowest BCUT2D eigenvalue weighted by Crippen LogP contribution is -2.64. The van der Waals surface area contributed by atoms with Crippen LogP contribution >= 0.6 is 0 Å². The minimum absolute atomic E-state index is 0.0283. The van der Waals surface area contributed by atoms with Crippen LogP contribution in [0.4, 0.5) is 0 Å². The molecule has 6 saturated heterocycles. The lowest BCUT2D eigenvalue weighted by Gasteiger charge is -2.49. The summed E-state index contributed by atoms with van der Waals surface area (Å²) in [6.07, 6.45) is 2.36. The molecule has 0 aromatic carbocycles. The van der Waals surface area contributed by atoms with Crippen LogP contribution in [0.1, 0.15) is 26.7 Å². The second-order valence-electron chi connectivity index (χ2n) is 10.2. The predicted molar refractivity (Wildman–Crippen MR) is 107 cm³/mol. The molecule has 0 saturated carbocycles. The Morgan fingerprint density at radius 2 is 2.03 bits per heavy atom. The first-order valence-electron chi connectivity index (χ1n) is 11.7. The molecule has 0 aliphatic carbocycles. The summed E-state index contributed by atoms with van der Waals surface area (Å²) >= 11 is 0. The van der Waals surface area contributed by atoms with Gasteiger partial charge in [-0.25, -0.2) is 4.79 Å². The highest BCUT2D eigenvalue weighted by Gasteiger charge is 2.84. The van der Waals surface area contributed by atoms with E-state index in [0.29, 0.717) is 29.1 Å². The van der Waals surface area contributed by atoms with Crippen LogP contribution in [0, 0.1) is 17.8 Å². The number of esters is 1. The Bertz CT molecular complexity index is 925. The fourth-order valence-corrected chi connectivity index (χ4v) is 8.12. The van der Waals surface area contributed by atoms with Gasteiger partial charge < -0.3 is 23.7 Å². The molecule has 168 valence electrons. The molecule has 7 aliphatic rings. The van der Waals surface area contributed by atoms with Crippen molar-refractivity contribution in [1.82, 2.24) is 9.80 Å². The molecule has 6 fully saturated rings. The molecule has 0 aromatic rings. The maximum atomic E-state index is 12.3. The number of nitrogens with zero attached hydrogens (tertiary/aromatic N) is 2. The maximum absolute atomic E-state index is 12.3. The SMILES string of the molecule is COC1=C(C)C(=O)O/C1=C1\O[C@@]23O[C@H]4C[C@@H]([C@H]2[C@@H]1C)N1CC[C@H]3[C@@]41CN1CCOCC1. The molecule has 8 heteroatoms. The number of ether oxygens (including phenoxy) is 5. The van der Waals surface area contributed by atoms with Crippen molar-refractivity contribution < 1.29 is 28.5 Å². The molecule has 1 spiro atoms. The number of fused-ring (bicyclic) bond motifs is 1. The fourth-order valence-electron chi connectivity index (χ4n) is 8.12. The van der Waals surface area contributed by atoms with Crippen molar-refractivity contribution in [3.05, 3.63) is 22.9 Å². The molecular weight excluding hydrogens is 400 g/mol. The van der Waals surface area contributed by atoms with Crippen molar-refractivity contribution in [2.75, 3.05) is 46.5 Å². The van der Waals surface area contributed by atoms with Gasteiger partial charge in [0.05, 0.1) is 43.5 Å². The zero-order chi connectivity index (χ0) is 21.1.